The molecule has 0 spiro atoms. The highest BCUT2D eigenvalue weighted by Gasteiger charge is 2.23. The molecular weight excluding hydrogens is 362 g/mol. The van der Waals surface area contributed by atoms with E-state index in [1.165, 1.54) is 40.4 Å². The summed E-state index contributed by atoms with van der Waals surface area (Å²) in [5.74, 6) is 0.000148. The van der Waals surface area contributed by atoms with Gasteiger partial charge in [-0.1, -0.05) is 30.0 Å². The molecule has 0 saturated carbocycles. The maximum absolute atomic E-state index is 12.7. The van der Waals surface area contributed by atoms with Crippen LogP contribution < -0.4 is 5.32 Å². The van der Waals surface area contributed by atoms with Crippen LogP contribution >= 0.6 is 23.1 Å². The number of fused-ring (bicyclic) bond motifs is 3. The van der Waals surface area contributed by atoms with E-state index in [0.717, 1.165) is 33.9 Å². The second kappa shape index (κ2) is 7.37. The van der Waals surface area contributed by atoms with Crippen LogP contribution in [-0.4, -0.2) is 21.1 Å². The number of rotatable bonds is 4. The highest BCUT2D eigenvalue weighted by atomic mass is 32.2. The first-order valence-electron chi connectivity index (χ1n) is 8.92. The van der Waals surface area contributed by atoms with E-state index in [4.69, 9.17) is 0 Å². The van der Waals surface area contributed by atoms with Crippen molar-refractivity contribution in [2.45, 2.75) is 49.8 Å². The van der Waals surface area contributed by atoms with Crippen molar-refractivity contribution in [3.8, 4) is 0 Å². The molecule has 2 heterocycles. The zero-order valence-electron chi connectivity index (χ0n) is 14.9. The molecule has 1 amide bonds. The maximum atomic E-state index is 12.7. The molecule has 1 atom stereocenters. The third-order valence-corrected chi connectivity index (χ3v) is 7.08. The van der Waals surface area contributed by atoms with Gasteiger partial charge in [-0.2, -0.15) is 0 Å². The summed E-state index contributed by atoms with van der Waals surface area (Å²) in [5.41, 5.74) is 3.34. The van der Waals surface area contributed by atoms with Crippen LogP contribution in [0.4, 0.5) is 5.69 Å². The van der Waals surface area contributed by atoms with Crippen molar-refractivity contribution in [2.24, 2.45) is 0 Å². The minimum Gasteiger partial charge on any atom is -0.325 e. The molecule has 1 N–H and O–H groups in total. The number of amides is 1. The summed E-state index contributed by atoms with van der Waals surface area (Å²) < 4.78 is 0. The molecule has 4 nitrogen and oxygen atoms in total. The average molecular weight is 384 g/mol. The SMILES string of the molecule is Cc1ccccc1NC(=O)[C@@H](C)Sc1ncnc2sc3c(c12)CCCC3. The van der Waals surface area contributed by atoms with Gasteiger partial charge in [-0.15, -0.1) is 11.3 Å². The van der Waals surface area contributed by atoms with Gasteiger partial charge in [0, 0.05) is 16.0 Å². The van der Waals surface area contributed by atoms with Crippen LogP contribution in [0.2, 0.25) is 0 Å². The lowest BCUT2D eigenvalue weighted by Gasteiger charge is -2.15. The Labute approximate surface area is 161 Å². The number of thiophene rings is 1. The third kappa shape index (κ3) is 3.35. The minimum absolute atomic E-state index is 0.000148. The van der Waals surface area contributed by atoms with E-state index >= 15 is 0 Å². The number of carbonyl (C=O) groups is 1. The highest BCUT2D eigenvalue weighted by Crippen LogP contribution is 2.40. The van der Waals surface area contributed by atoms with E-state index in [-0.39, 0.29) is 11.2 Å². The largest absolute Gasteiger partial charge is 0.325 e. The Morgan fingerprint density at radius 1 is 1.23 bits per heavy atom. The molecular formula is C20H21N3OS2. The summed E-state index contributed by atoms with van der Waals surface area (Å²) in [6.45, 7) is 3.93. The number of aromatic nitrogens is 2. The van der Waals surface area contributed by atoms with Gasteiger partial charge >= 0.3 is 0 Å². The lowest BCUT2D eigenvalue weighted by atomic mass is 9.97. The van der Waals surface area contributed by atoms with Gasteiger partial charge < -0.3 is 5.32 Å². The van der Waals surface area contributed by atoms with Gasteiger partial charge in [0.25, 0.3) is 0 Å². The molecule has 4 rings (SSSR count). The molecule has 6 heteroatoms. The summed E-state index contributed by atoms with van der Waals surface area (Å²) in [6, 6.07) is 7.84. The number of carbonyl (C=O) groups excluding carboxylic acids is 1. The fraction of sp³-hybridized carbons (Fsp3) is 0.350. The van der Waals surface area contributed by atoms with E-state index in [1.807, 2.05) is 38.1 Å². The van der Waals surface area contributed by atoms with E-state index in [1.54, 1.807) is 17.7 Å². The molecule has 0 saturated heterocycles. The minimum atomic E-state index is -0.230. The molecule has 3 aromatic rings. The Balaban J connectivity index is 1.58. The lowest BCUT2D eigenvalue weighted by Crippen LogP contribution is -2.23. The molecule has 1 aliphatic carbocycles. The number of anilines is 1. The Hall–Kier alpha value is -1.92. The van der Waals surface area contributed by atoms with Crippen molar-refractivity contribution in [3.05, 3.63) is 46.6 Å². The van der Waals surface area contributed by atoms with E-state index in [0.29, 0.717) is 0 Å². The van der Waals surface area contributed by atoms with Gasteiger partial charge in [-0.25, -0.2) is 9.97 Å². The molecule has 0 unspecified atom stereocenters. The first kappa shape index (κ1) is 17.5. The van der Waals surface area contributed by atoms with E-state index in [2.05, 4.69) is 15.3 Å². The van der Waals surface area contributed by atoms with Gasteiger partial charge in [0.2, 0.25) is 5.91 Å². The molecule has 0 bridgehead atoms. The average Bonchev–Trinajstić information content (AvgIpc) is 3.03. The fourth-order valence-corrected chi connectivity index (χ4v) is 5.56. The van der Waals surface area contributed by atoms with Crippen molar-refractivity contribution < 1.29 is 4.79 Å². The highest BCUT2D eigenvalue weighted by molar-refractivity contribution is 8.00. The third-order valence-electron chi connectivity index (χ3n) is 4.78. The monoisotopic (exact) mass is 383 g/mol. The van der Waals surface area contributed by atoms with Crippen LogP contribution in [0.3, 0.4) is 0 Å². The van der Waals surface area contributed by atoms with Gasteiger partial charge in [0.05, 0.1) is 5.25 Å². The Morgan fingerprint density at radius 2 is 2.04 bits per heavy atom. The number of nitrogens with zero attached hydrogens (tertiary/aromatic N) is 2. The van der Waals surface area contributed by atoms with Crippen LogP contribution in [0.1, 0.15) is 35.8 Å². The van der Waals surface area contributed by atoms with Crippen LogP contribution in [0.5, 0.6) is 0 Å². The number of benzene rings is 1. The number of hydrogen-bond acceptors (Lipinski definition) is 5. The van der Waals surface area contributed by atoms with Crippen LogP contribution in [-0.2, 0) is 17.6 Å². The summed E-state index contributed by atoms with van der Waals surface area (Å²) in [6.07, 6.45) is 6.34. The first-order chi connectivity index (χ1) is 12.6. The molecule has 2 aromatic heterocycles. The quantitative estimate of drug-likeness (QED) is 0.509. The van der Waals surface area contributed by atoms with Gasteiger partial charge in [0.15, 0.2) is 0 Å². The second-order valence-corrected chi connectivity index (χ2v) is 9.05. The summed E-state index contributed by atoms with van der Waals surface area (Å²) in [5, 5.41) is 4.91. The zero-order valence-corrected chi connectivity index (χ0v) is 16.5. The number of thioether (sulfide) groups is 1. The van der Waals surface area contributed by atoms with Gasteiger partial charge in [0.1, 0.15) is 16.2 Å². The Morgan fingerprint density at radius 3 is 2.88 bits per heavy atom. The maximum Gasteiger partial charge on any atom is 0.237 e. The van der Waals surface area contributed by atoms with Crippen LogP contribution in [0, 0.1) is 6.92 Å². The smallest absolute Gasteiger partial charge is 0.237 e. The standard InChI is InChI=1S/C20H21N3OS2/c1-12-7-3-5-9-15(12)23-18(24)13(2)25-19-17-14-8-4-6-10-16(14)26-20(17)22-11-21-19/h3,5,7,9,11,13H,4,6,8,10H2,1-2H3,(H,23,24)/t13-/m1/s1. The van der Waals surface area contributed by atoms with Crippen molar-refractivity contribution in [2.75, 3.05) is 5.32 Å². The van der Waals surface area contributed by atoms with Gasteiger partial charge in [-0.05, 0) is 56.7 Å². The molecule has 134 valence electrons. The molecule has 1 aromatic carbocycles. The fourth-order valence-electron chi connectivity index (χ4n) is 3.32. The van der Waals surface area contributed by atoms with Crippen molar-refractivity contribution >= 4 is 44.9 Å². The molecule has 26 heavy (non-hydrogen) atoms. The predicted molar refractivity (Wildman–Crippen MR) is 109 cm³/mol. The molecule has 0 radical (unpaired) electrons. The number of para-hydroxylation sites is 1. The summed E-state index contributed by atoms with van der Waals surface area (Å²) in [7, 11) is 0. The second-order valence-electron chi connectivity index (χ2n) is 6.63. The number of hydrogen-bond donors (Lipinski definition) is 1. The predicted octanol–water partition coefficient (Wildman–Crippen LogP) is 5.00. The molecule has 0 fully saturated rings. The van der Waals surface area contributed by atoms with E-state index in [9.17, 15) is 4.79 Å². The summed E-state index contributed by atoms with van der Waals surface area (Å²) >= 11 is 3.32. The van der Waals surface area contributed by atoms with Crippen molar-refractivity contribution in [1.29, 1.82) is 0 Å². The number of aryl methyl sites for hydroxylation is 3. The van der Waals surface area contributed by atoms with Crippen LogP contribution in [0.15, 0.2) is 35.6 Å². The molecule has 1 aliphatic rings. The normalized spacial score (nSPS) is 14.8. The van der Waals surface area contributed by atoms with Gasteiger partial charge in [-0.3, -0.25) is 4.79 Å². The van der Waals surface area contributed by atoms with Crippen molar-refractivity contribution in [1.82, 2.24) is 9.97 Å². The Kier molecular flexibility index (Phi) is 4.96. The first-order valence-corrected chi connectivity index (χ1v) is 10.6. The lowest BCUT2D eigenvalue weighted by molar-refractivity contribution is -0.115. The van der Waals surface area contributed by atoms with E-state index < -0.39 is 0 Å². The van der Waals surface area contributed by atoms with Crippen molar-refractivity contribution in [3.63, 3.8) is 0 Å². The molecule has 0 aliphatic heterocycles. The number of nitrogens with one attached hydrogen (secondary N) is 1. The Bertz CT molecular complexity index is 967. The topological polar surface area (TPSA) is 54.9 Å². The van der Waals surface area contributed by atoms with Crippen LogP contribution in [0.25, 0.3) is 10.2 Å². The zero-order chi connectivity index (χ0) is 18.1. The summed E-state index contributed by atoms with van der Waals surface area (Å²) in [4.78, 5) is 24.1.